The fourth-order valence-electron chi connectivity index (χ4n) is 3.92. The van der Waals surface area contributed by atoms with E-state index in [1.54, 1.807) is 32.2 Å². The van der Waals surface area contributed by atoms with Crippen molar-refractivity contribution in [2.75, 3.05) is 23.9 Å². The Labute approximate surface area is 395 Å². The summed E-state index contributed by atoms with van der Waals surface area (Å²) >= 11 is 0. The Bertz CT molecular complexity index is 2380. The van der Waals surface area contributed by atoms with Crippen LogP contribution in [-0.2, 0) is 57.5 Å². The van der Waals surface area contributed by atoms with Crippen LogP contribution in [0.1, 0.15) is 5.56 Å². The third kappa shape index (κ3) is 19.0. The molecular weight excluding hydrogens is 891 g/mol. The molecule has 4 aromatic carbocycles. The number of phenols is 2. The maximum absolute atomic E-state index is 12.2. The molecule has 0 fully saturated rings. The Hall–Kier alpha value is -1.10. The fraction of sp³-hybridized carbons (Fsp3) is 0.143. The van der Waals surface area contributed by atoms with Gasteiger partial charge in [-0.25, -0.2) is 33.7 Å². The number of sulfone groups is 2. The minimum Gasteiger partial charge on any atom is -0.726 e. The zero-order valence-electron chi connectivity index (χ0n) is 29.6. The van der Waals surface area contributed by atoms with Gasteiger partial charge in [-0.15, -0.1) is 5.11 Å². The molecule has 0 heterocycles. The quantitative estimate of drug-likeness (QED) is 0.0347. The molecule has 0 atom stereocenters. The number of azo groups is 2. The van der Waals surface area contributed by atoms with Crippen LogP contribution in [0.15, 0.2) is 84.8 Å². The third-order valence-corrected chi connectivity index (χ3v) is 9.36. The van der Waals surface area contributed by atoms with Crippen LogP contribution in [0, 0.1) is 26.8 Å². The molecule has 0 aromatic heterocycles. The zero-order valence-corrected chi connectivity index (χ0v) is 39.8. The van der Waals surface area contributed by atoms with E-state index in [2.05, 4.69) is 45.7 Å². The Morgan fingerprint density at radius 1 is 0.745 bits per heavy atom. The molecule has 0 bridgehead atoms. The van der Waals surface area contributed by atoms with Crippen molar-refractivity contribution in [2.45, 2.75) is 16.7 Å². The first-order valence-corrected chi connectivity index (χ1v) is 19.5. The second kappa shape index (κ2) is 24.7. The molecule has 0 spiro atoms. The van der Waals surface area contributed by atoms with Gasteiger partial charge in [0.05, 0.1) is 21.2 Å². The van der Waals surface area contributed by atoms with Gasteiger partial charge in [-0.1, -0.05) is 28.3 Å². The van der Waals surface area contributed by atoms with Crippen LogP contribution in [0.5, 0.6) is 11.5 Å². The van der Waals surface area contributed by atoms with Crippen LogP contribution in [0.25, 0.3) is 10.8 Å². The Kier molecular flexibility index (Phi) is 26.2. The van der Waals surface area contributed by atoms with Gasteiger partial charge in [0.25, 0.3) is 0 Å². The molecule has 0 saturated heterocycles. The third-order valence-electron chi connectivity index (χ3n) is 6.18. The number of anilines is 1. The molecule has 5 N–H and O–H groups in total. The average molecular weight is 919 g/mol. The molecule has 0 amide bonds. The van der Waals surface area contributed by atoms with Crippen molar-refractivity contribution in [1.29, 1.82) is 0 Å². The van der Waals surface area contributed by atoms with E-state index in [-0.39, 0.29) is 144 Å². The first-order chi connectivity index (χ1) is 23.4. The van der Waals surface area contributed by atoms with Gasteiger partial charge in [0.15, 0.2) is 19.7 Å². The van der Waals surface area contributed by atoms with Gasteiger partial charge in [-0.3, -0.25) is 9.11 Å². The molecule has 4 rings (SSSR count). The maximum Gasteiger partial charge on any atom is 1.00 e. The average Bonchev–Trinajstić information content (AvgIpc) is 3.03. The zero-order chi connectivity index (χ0) is 38.9. The summed E-state index contributed by atoms with van der Waals surface area (Å²) in [5.74, 6) is -1.27. The number of nitrogens with zero attached hydrogens (tertiary/aromatic N) is 4. The van der Waals surface area contributed by atoms with Crippen LogP contribution in [-0.4, -0.2) is 80.6 Å². The van der Waals surface area contributed by atoms with Crippen LogP contribution < -0.4 is 94.0 Å². The smallest absolute Gasteiger partial charge is 0.726 e. The molecule has 289 valence electrons. The standard InChI is InChI=1S/C28H26N5O6S2.Cu.3Na.2H2O4S/c1-5-40(36,37)19-9-7-18(8-10-19)30-33-27-20-11-14-23(28(35)21(20)12-13-22(27)29-4)31-32-24-15-17(3)26(16-25(24)34)41(38,39)6-2;;;;;2*1-5(2,3)4/h7-13,15-16,29,34-35H,1-2,5-6H2,3-4H3;;;;;2*(H2,1,2,3,4)/q-3;;3*+1;;/p-2. The summed E-state index contributed by atoms with van der Waals surface area (Å²) in [5.41, 5.74) is 1.76. The summed E-state index contributed by atoms with van der Waals surface area (Å²) < 4.78 is 114. The monoisotopic (exact) mass is 918 g/mol. The van der Waals surface area contributed by atoms with Gasteiger partial charge in [0.1, 0.15) is 11.4 Å². The second-order valence-corrected chi connectivity index (χ2v) is 15.6. The van der Waals surface area contributed by atoms with E-state index in [1.807, 2.05) is 0 Å². The van der Waals surface area contributed by atoms with E-state index in [4.69, 9.17) is 35.0 Å². The summed E-state index contributed by atoms with van der Waals surface area (Å²) in [6.07, 6.45) is 0. The predicted molar refractivity (Wildman–Crippen MR) is 181 cm³/mol. The van der Waals surface area contributed by atoms with Crippen molar-refractivity contribution < 1.29 is 168 Å². The molecule has 55 heavy (non-hydrogen) atoms. The molecule has 19 nitrogen and oxygen atoms in total. The summed E-state index contributed by atoms with van der Waals surface area (Å²) in [7, 11) is -15.2. The molecule has 0 aliphatic heterocycles. The van der Waals surface area contributed by atoms with Crippen molar-refractivity contribution in [1.82, 2.24) is 0 Å². The van der Waals surface area contributed by atoms with E-state index in [1.165, 1.54) is 30.3 Å². The number of rotatable bonds is 9. The Balaban J connectivity index is -0.00000172. The summed E-state index contributed by atoms with van der Waals surface area (Å²) in [6, 6.07) is 16.1. The molecule has 1 radical (unpaired) electrons. The normalized spacial score (nSPS) is 11.4. The number of hydrogen-bond donors (Lipinski definition) is 5. The van der Waals surface area contributed by atoms with Crippen molar-refractivity contribution >= 4 is 79.7 Å². The van der Waals surface area contributed by atoms with Gasteiger partial charge < -0.3 is 38.5 Å². The number of phenolic OH excluding ortho intramolecular Hbond substituents is 2. The first kappa shape index (κ1) is 58.2. The van der Waals surface area contributed by atoms with Crippen LogP contribution in [0.3, 0.4) is 0 Å². The number of fused-ring (bicyclic) bond motifs is 1. The summed E-state index contributed by atoms with van der Waals surface area (Å²) in [5, 5.41) is 41.7. The molecule has 4 aromatic rings. The van der Waals surface area contributed by atoms with Crippen LogP contribution >= 0.6 is 0 Å². The summed E-state index contributed by atoms with van der Waals surface area (Å²) in [4.78, 5) is 0.0850. The molecule has 0 aliphatic carbocycles. The second-order valence-electron chi connectivity index (χ2n) is 9.65. The topological polar surface area (TPSA) is 325 Å². The van der Waals surface area contributed by atoms with Gasteiger partial charge in [0.2, 0.25) is 20.8 Å². The SMILES string of the molecule is O=S(=O)([O-])O.O=S(=O)([O-])O.[CH2-]CS(=O)(=O)c1ccc(N=Nc2c(NC)ccc3c(O)c(N=Nc4cc(C)c(S(=O)(=O)C[CH2-])cc4O)[c-]cc23)cc1.[Cu].[Na+].[Na+].[Na+]. The number of benzene rings is 4. The predicted octanol–water partition coefficient (Wildman–Crippen LogP) is -4.53. The van der Waals surface area contributed by atoms with Crippen LogP contribution in [0.4, 0.5) is 28.4 Å². The Morgan fingerprint density at radius 2 is 1.25 bits per heavy atom. The molecule has 27 heteroatoms. The van der Waals surface area contributed by atoms with E-state index in [0.717, 1.165) is 6.07 Å². The summed E-state index contributed by atoms with van der Waals surface area (Å²) in [6.45, 7) is 8.41. The number of nitrogens with one attached hydrogen (secondary N) is 1. The Morgan fingerprint density at radius 3 is 1.73 bits per heavy atom. The van der Waals surface area contributed by atoms with Crippen molar-refractivity contribution in [3.05, 3.63) is 80.1 Å². The number of aromatic hydroxyl groups is 2. The van der Waals surface area contributed by atoms with E-state index in [9.17, 15) is 27.0 Å². The molecular formula is C28H28CuN5Na3O14S4-2. The fourth-order valence-corrected chi connectivity index (χ4v) is 5.77. The van der Waals surface area contributed by atoms with Crippen LogP contribution in [0.2, 0.25) is 0 Å². The van der Waals surface area contributed by atoms with E-state index in [0.29, 0.717) is 33.4 Å². The number of hydrogen-bond acceptors (Lipinski definition) is 17. The van der Waals surface area contributed by atoms with Gasteiger partial charge in [0, 0.05) is 47.3 Å². The van der Waals surface area contributed by atoms with Crippen molar-refractivity contribution in [2.24, 2.45) is 20.5 Å². The van der Waals surface area contributed by atoms with E-state index >= 15 is 0 Å². The van der Waals surface area contributed by atoms with Gasteiger partial charge in [-0.2, -0.15) is 27.5 Å². The van der Waals surface area contributed by atoms with Crippen molar-refractivity contribution in [3.63, 3.8) is 0 Å². The van der Waals surface area contributed by atoms with Gasteiger partial charge >= 0.3 is 88.7 Å². The van der Waals surface area contributed by atoms with E-state index < -0.39 is 46.2 Å². The van der Waals surface area contributed by atoms with Crippen molar-refractivity contribution in [3.8, 4) is 11.5 Å². The maximum atomic E-state index is 12.2. The molecule has 0 saturated carbocycles. The molecule has 0 unspecified atom stereocenters. The minimum atomic E-state index is -4.92. The number of aryl methyl sites for hydroxylation is 1. The van der Waals surface area contributed by atoms with Gasteiger partial charge in [-0.05, 0) is 48.9 Å². The molecule has 0 aliphatic rings. The first-order valence-electron chi connectivity index (χ1n) is 13.5. The largest absolute Gasteiger partial charge is 1.00 e. The minimum absolute atomic E-state index is 0.